The minimum Gasteiger partial charge on any atom is -0.358 e. The lowest BCUT2D eigenvalue weighted by Gasteiger charge is -2.27. The van der Waals surface area contributed by atoms with Crippen molar-refractivity contribution in [3.05, 3.63) is 70.4 Å². The summed E-state index contributed by atoms with van der Waals surface area (Å²) in [6, 6.07) is 14.8. The molecule has 5 nitrogen and oxygen atoms in total. The molecule has 0 fully saturated rings. The number of hydrogen-bond donors (Lipinski definition) is 2. The number of para-hydroxylation sites is 1. The Hall–Kier alpha value is -2.79. The molecule has 2 amide bonds. The molecule has 1 aliphatic rings. The third-order valence-electron chi connectivity index (χ3n) is 4.72. The van der Waals surface area contributed by atoms with Crippen LogP contribution in [0.25, 0.3) is 10.9 Å². The van der Waals surface area contributed by atoms with Crippen molar-refractivity contribution < 1.29 is 9.59 Å². The third kappa shape index (κ3) is 3.18. The van der Waals surface area contributed by atoms with Gasteiger partial charge in [0.25, 0.3) is 5.91 Å². The van der Waals surface area contributed by atoms with Gasteiger partial charge in [0.15, 0.2) is 0 Å². The summed E-state index contributed by atoms with van der Waals surface area (Å²) >= 11 is 5.90. The second-order valence-corrected chi connectivity index (χ2v) is 6.82. The first-order valence-corrected chi connectivity index (χ1v) is 8.89. The van der Waals surface area contributed by atoms with Gasteiger partial charge in [-0.25, -0.2) is 0 Å². The first-order valence-electron chi connectivity index (χ1n) is 8.52. The predicted molar refractivity (Wildman–Crippen MR) is 101 cm³/mol. The van der Waals surface area contributed by atoms with E-state index in [0.29, 0.717) is 23.7 Å². The lowest BCUT2D eigenvalue weighted by atomic mass is 10.0. The molecule has 0 saturated heterocycles. The summed E-state index contributed by atoms with van der Waals surface area (Å²) in [5.74, 6) is -0.387. The number of nitrogens with one attached hydrogen (secondary N) is 2. The van der Waals surface area contributed by atoms with Crippen molar-refractivity contribution in [2.45, 2.75) is 13.0 Å². The van der Waals surface area contributed by atoms with E-state index in [4.69, 9.17) is 11.6 Å². The van der Waals surface area contributed by atoms with Gasteiger partial charge in [0.1, 0.15) is 0 Å². The van der Waals surface area contributed by atoms with Crippen LogP contribution in [0.2, 0.25) is 5.02 Å². The molecule has 0 saturated carbocycles. The number of aromatic nitrogens is 1. The van der Waals surface area contributed by atoms with Crippen LogP contribution in [0.1, 0.15) is 21.6 Å². The van der Waals surface area contributed by atoms with Gasteiger partial charge in [0.2, 0.25) is 5.91 Å². The van der Waals surface area contributed by atoms with Crippen LogP contribution in [0, 0.1) is 0 Å². The maximum atomic E-state index is 12.5. The van der Waals surface area contributed by atoms with E-state index < -0.39 is 0 Å². The quantitative estimate of drug-likeness (QED) is 0.747. The molecule has 1 aliphatic heterocycles. The fraction of sp³-hybridized carbons (Fsp3) is 0.200. The fourth-order valence-corrected chi connectivity index (χ4v) is 3.57. The van der Waals surface area contributed by atoms with Gasteiger partial charge in [-0.15, -0.1) is 0 Å². The molecule has 132 valence electrons. The number of halogens is 1. The number of H-pyrrole nitrogens is 1. The van der Waals surface area contributed by atoms with Crippen molar-refractivity contribution in [2.24, 2.45) is 0 Å². The molecule has 0 bridgehead atoms. The molecular formula is C20H18ClN3O2. The fourth-order valence-electron chi connectivity index (χ4n) is 3.38. The number of fused-ring (bicyclic) bond motifs is 3. The normalized spacial score (nSPS) is 13.5. The zero-order chi connectivity index (χ0) is 18.1. The van der Waals surface area contributed by atoms with Gasteiger partial charge in [-0.1, -0.05) is 35.9 Å². The highest BCUT2D eigenvalue weighted by Crippen LogP contribution is 2.27. The molecule has 0 atom stereocenters. The summed E-state index contributed by atoms with van der Waals surface area (Å²) < 4.78 is 0. The first-order chi connectivity index (χ1) is 12.6. The van der Waals surface area contributed by atoms with Gasteiger partial charge in [0.05, 0.1) is 6.54 Å². The Morgan fingerprint density at radius 2 is 2.00 bits per heavy atom. The maximum Gasteiger partial charge on any atom is 0.251 e. The van der Waals surface area contributed by atoms with E-state index in [1.54, 1.807) is 29.2 Å². The maximum absolute atomic E-state index is 12.5. The summed E-state index contributed by atoms with van der Waals surface area (Å²) in [5, 5.41) is 4.33. The number of amides is 2. The summed E-state index contributed by atoms with van der Waals surface area (Å²) in [5.41, 5.74) is 3.91. The van der Waals surface area contributed by atoms with Gasteiger partial charge in [-0.2, -0.15) is 0 Å². The molecule has 1 aromatic heterocycles. The van der Waals surface area contributed by atoms with Gasteiger partial charge in [-0.05, 0) is 24.3 Å². The number of hydrogen-bond acceptors (Lipinski definition) is 2. The Morgan fingerprint density at radius 1 is 1.15 bits per heavy atom. The van der Waals surface area contributed by atoms with E-state index in [0.717, 1.165) is 17.3 Å². The highest BCUT2D eigenvalue weighted by atomic mass is 35.5. The Balaban J connectivity index is 1.42. The largest absolute Gasteiger partial charge is 0.358 e. The van der Waals surface area contributed by atoms with Crippen LogP contribution in [0.4, 0.5) is 0 Å². The number of rotatable bonds is 3. The minimum absolute atomic E-state index is 0.0248. The van der Waals surface area contributed by atoms with Gasteiger partial charge in [-0.3, -0.25) is 9.59 Å². The predicted octanol–water partition coefficient (Wildman–Crippen LogP) is 3.14. The number of carbonyl (C=O) groups is 2. The highest BCUT2D eigenvalue weighted by Gasteiger charge is 2.24. The lowest BCUT2D eigenvalue weighted by molar-refractivity contribution is -0.131. The van der Waals surface area contributed by atoms with Crippen LogP contribution in [-0.2, 0) is 17.8 Å². The summed E-state index contributed by atoms with van der Waals surface area (Å²) in [6.45, 7) is 1.18. The molecule has 3 aromatic rings. The van der Waals surface area contributed by atoms with Crippen molar-refractivity contribution in [2.75, 3.05) is 13.1 Å². The average molecular weight is 368 g/mol. The topological polar surface area (TPSA) is 65.2 Å². The molecule has 26 heavy (non-hydrogen) atoms. The zero-order valence-corrected chi connectivity index (χ0v) is 14.8. The van der Waals surface area contributed by atoms with Crippen LogP contribution < -0.4 is 5.32 Å². The Morgan fingerprint density at radius 3 is 2.85 bits per heavy atom. The summed E-state index contributed by atoms with van der Waals surface area (Å²) in [7, 11) is 0. The molecule has 2 N–H and O–H groups in total. The standard InChI is InChI=1S/C20H18ClN3O2/c21-14-5-3-4-13(10-14)20(26)22-11-19(25)24-9-8-18-16(12-24)15-6-1-2-7-17(15)23-18/h1-7,10,23H,8-9,11-12H2,(H,22,26). The van der Waals surface area contributed by atoms with Crippen LogP contribution in [-0.4, -0.2) is 34.8 Å². The molecule has 2 aromatic carbocycles. The van der Waals surface area contributed by atoms with Gasteiger partial charge < -0.3 is 15.2 Å². The van der Waals surface area contributed by atoms with E-state index in [1.807, 2.05) is 18.2 Å². The number of carbonyl (C=O) groups excluding carboxylic acids is 2. The van der Waals surface area contributed by atoms with Crippen molar-refractivity contribution in [1.82, 2.24) is 15.2 Å². The van der Waals surface area contributed by atoms with Crippen molar-refractivity contribution in [3.8, 4) is 0 Å². The third-order valence-corrected chi connectivity index (χ3v) is 4.96. The van der Waals surface area contributed by atoms with E-state index in [1.165, 1.54) is 11.3 Å². The molecule has 0 radical (unpaired) electrons. The molecule has 0 spiro atoms. The molecule has 0 aliphatic carbocycles. The summed E-state index contributed by atoms with van der Waals surface area (Å²) in [4.78, 5) is 29.9. The van der Waals surface area contributed by atoms with E-state index in [9.17, 15) is 9.59 Å². The molecule has 0 unspecified atom stereocenters. The average Bonchev–Trinajstić information content (AvgIpc) is 3.03. The number of nitrogens with zero attached hydrogens (tertiary/aromatic N) is 1. The summed E-state index contributed by atoms with van der Waals surface area (Å²) in [6.07, 6.45) is 0.790. The van der Waals surface area contributed by atoms with Gasteiger partial charge >= 0.3 is 0 Å². The number of aromatic amines is 1. The Kier molecular flexibility index (Phi) is 4.39. The van der Waals surface area contributed by atoms with Gasteiger partial charge in [0, 0.05) is 52.3 Å². The van der Waals surface area contributed by atoms with Crippen molar-refractivity contribution in [1.29, 1.82) is 0 Å². The highest BCUT2D eigenvalue weighted by molar-refractivity contribution is 6.31. The monoisotopic (exact) mass is 367 g/mol. The second kappa shape index (κ2) is 6.84. The van der Waals surface area contributed by atoms with Crippen LogP contribution >= 0.6 is 11.6 Å². The van der Waals surface area contributed by atoms with E-state index in [-0.39, 0.29) is 18.4 Å². The van der Waals surface area contributed by atoms with Crippen LogP contribution in [0.5, 0.6) is 0 Å². The van der Waals surface area contributed by atoms with Crippen LogP contribution in [0.3, 0.4) is 0 Å². The second-order valence-electron chi connectivity index (χ2n) is 6.39. The zero-order valence-electron chi connectivity index (χ0n) is 14.1. The lowest BCUT2D eigenvalue weighted by Crippen LogP contribution is -2.42. The Bertz CT molecular complexity index is 996. The minimum atomic E-state index is -0.300. The SMILES string of the molecule is O=C(NCC(=O)N1CCc2[nH]c3ccccc3c2C1)c1cccc(Cl)c1. The smallest absolute Gasteiger partial charge is 0.251 e. The molecule has 4 rings (SSSR count). The molecular weight excluding hydrogens is 350 g/mol. The van der Waals surface area contributed by atoms with Crippen LogP contribution in [0.15, 0.2) is 48.5 Å². The van der Waals surface area contributed by atoms with Crippen molar-refractivity contribution in [3.63, 3.8) is 0 Å². The number of benzene rings is 2. The Labute approximate surface area is 155 Å². The molecule has 6 heteroatoms. The first kappa shape index (κ1) is 16.7. The van der Waals surface area contributed by atoms with E-state index in [2.05, 4.69) is 16.4 Å². The van der Waals surface area contributed by atoms with Crippen molar-refractivity contribution >= 4 is 34.3 Å². The molecule has 2 heterocycles. The van der Waals surface area contributed by atoms with E-state index >= 15 is 0 Å².